The van der Waals surface area contributed by atoms with Crippen LogP contribution in [0, 0.1) is 5.41 Å². The highest BCUT2D eigenvalue weighted by Gasteiger charge is 2.39. The van der Waals surface area contributed by atoms with Gasteiger partial charge in [-0.15, -0.1) is 0 Å². The van der Waals surface area contributed by atoms with Gasteiger partial charge in [-0.1, -0.05) is 25.0 Å². The molecule has 2 heterocycles. The molecule has 1 spiro atoms. The van der Waals surface area contributed by atoms with Crippen LogP contribution in [0.15, 0.2) is 24.3 Å². The molecule has 2 aliphatic rings. The molecular weight excluding hydrogens is 342 g/mol. The predicted octanol–water partition coefficient (Wildman–Crippen LogP) is 2.24. The van der Waals surface area contributed by atoms with Gasteiger partial charge in [0, 0.05) is 6.54 Å². The molecule has 0 bridgehead atoms. The molecule has 2 amide bonds. The van der Waals surface area contributed by atoms with Gasteiger partial charge in [-0.2, -0.15) is 0 Å². The molecule has 1 fully saturated rings. The highest BCUT2D eigenvalue weighted by atomic mass is 16.5. The second-order valence-electron chi connectivity index (χ2n) is 7.78. The number of para-hydroxylation sites is 1. The molecule has 0 aromatic heterocycles. The van der Waals surface area contributed by atoms with Crippen LogP contribution < -0.4 is 20.7 Å². The third-order valence-electron chi connectivity index (χ3n) is 5.66. The van der Waals surface area contributed by atoms with Gasteiger partial charge in [-0.25, -0.2) is 0 Å². The smallest absolute Gasteiger partial charge is 0.255 e. The van der Waals surface area contributed by atoms with Crippen LogP contribution in [0.3, 0.4) is 0 Å². The van der Waals surface area contributed by atoms with E-state index in [1.165, 1.54) is 0 Å². The molecule has 3 rings (SSSR count). The first-order valence-electron chi connectivity index (χ1n) is 10.1. The molecule has 1 saturated heterocycles. The standard InChI is InChI=1S/C21H31N3O3/c1-16-15-27-18-8-4-3-7-17(18)19(25)23-12-6-2-5-9-21(20(26)24-16)10-13-22-14-11-21/h3-4,7-8,16,22H,2,5-6,9-15H2,1H3,(H,23,25)(H,24,26)/t16-/m0/s1. The van der Waals surface area contributed by atoms with Gasteiger partial charge in [-0.3, -0.25) is 9.59 Å². The largest absolute Gasteiger partial charge is 0.491 e. The predicted molar refractivity (Wildman–Crippen MR) is 105 cm³/mol. The molecule has 0 aliphatic carbocycles. The van der Waals surface area contributed by atoms with E-state index in [4.69, 9.17) is 4.74 Å². The van der Waals surface area contributed by atoms with E-state index in [0.29, 0.717) is 24.5 Å². The van der Waals surface area contributed by atoms with Gasteiger partial charge in [0.05, 0.1) is 17.0 Å². The average Bonchev–Trinajstić information content (AvgIpc) is 2.69. The molecule has 0 radical (unpaired) electrons. The van der Waals surface area contributed by atoms with E-state index < -0.39 is 0 Å². The first kappa shape index (κ1) is 19.7. The summed E-state index contributed by atoms with van der Waals surface area (Å²) in [6.45, 7) is 4.71. The Kier molecular flexibility index (Phi) is 6.72. The fourth-order valence-electron chi connectivity index (χ4n) is 3.97. The van der Waals surface area contributed by atoms with Crippen molar-refractivity contribution in [1.82, 2.24) is 16.0 Å². The lowest BCUT2D eigenvalue weighted by molar-refractivity contribution is -0.134. The topological polar surface area (TPSA) is 79.5 Å². The molecule has 1 atom stereocenters. The van der Waals surface area contributed by atoms with Crippen molar-refractivity contribution >= 4 is 11.8 Å². The van der Waals surface area contributed by atoms with Crippen LogP contribution in [0.25, 0.3) is 0 Å². The van der Waals surface area contributed by atoms with E-state index in [1.54, 1.807) is 12.1 Å². The number of carbonyl (C=O) groups is 2. The lowest BCUT2D eigenvalue weighted by atomic mass is 9.74. The molecule has 1 aromatic rings. The van der Waals surface area contributed by atoms with Crippen molar-refractivity contribution in [3.05, 3.63) is 29.8 Å². The van der Waals surface area contributed by atoms with Crippen molar-refractivity contribution in [2.45, 2.75) is 51.5 Å². The summed E-state index contributed by atoms with van der Waals surface area (Å²) in [6, 6.07) is 7.15. The van der Waals surface area contributed by atoms with Gasteiger partial charge < -0.3 is 20.7 Å². The normalized spacial score (nSPS) is 24.6. The number of carbonyl (C=O) groups excluding carboxylic acids is 2. The Labute approximate surface area is 161 Å². The third kappa shape index (κ3) is 5.01. The number of nitrogens with one attached hydrogen (secondary N) is 3. The Morgan fingerprint density at radius 2 is 1.78 bits per heavy atom. The highest BCUT2D eigenvalue weighted by Crippen LogP contribution is 2.35. The maximum Gasteiger partial charge on any atom is 0.255 e. The van der Waals surface area contributed by atoms with E-state index in [2.05, 4.69) is 16.0 Å². The van der Waals surface area contributed by atoms with Crippen LogP contribution >= 0.6 is 0 Å². The molecule has 0 unspecified atom stereocenters. The molecule has 3 N–H and O–H groups in total. The van der Waals surface area contributed by atoms with E-state index in [1.807, 2.05) is 19.1 Å². The Morgan fingerprint density at radius 3 is 2.59 bits per heavy atom. The lowest BCUT2D eigenvalue weighted by Gasteiger charge is -2.37. The summed E-state index contributed by atoms with van der Waals surface area (Å²) in [5, 5.41) is 9.51. The Bertz CT molecular complexity index is 656. The number of hydrogen-bond donors (Lipinski definition) is 3. The number of fused-ring (bicyclic) bond motifs is 1. The second-order valence-corrected chi connectivity index (χ2v) is 7.78. The van der Waals surface area contributed by atoms with Gasteiger partial charge in [0.25, 0.3) is 5.91 Å². The molecule has 2 aliphatic heterocycles. The van der Waals surface area contributed by atoms with Crippen molar-refractivity contribution in [1.29, 1.82) is 0 Å². The quantitative estimate of drug-likeness (QED) is 0.652. The number of ether oxygens (including phenoxy) is 1. The van der Waals surface area contributed by atoms with E-state index in [9.17, 15) is 9.59 Å². The SMILES string of the molecule is C[C@H]1COc2ccccc2C(=O)NCCCCCC2(CCNCC2)C(=O)N1. The summed E-state index contributed by atoms with van der Waals surface area (Å²) in [5.74, 6) is 0.604. The molecule has 148 valence electrons. The summed E-state index contributed by atoms with van der Waals surface area (Å²) in [5.41, 5.74) is 0.265. The van der Waals surface area contributed by atoms with E-state index >= 15 is 0 Å². The summed E-state index contributed by atoms with van der Waals surface area (Å²) < 4.78 is 5.88. The summed E-state index contributed by atoms with van der Waals surface area (Å²) in [6.07, 6.45) is 5.60. The van der Waals surface area contributed by atoms with Gasteiger partial charge in [0.1, 0.15) is 12.4 Å². The van der Waals surface area contributed by atoms with Crippen molar-refractivity contribution in [3.63, 3.8) is 0 Å². The highest BCUT2D eigenvalue weighted by molar-refractivity contribution is 5.96. The number of hydrogen-bond acceptors (Lipinski definition) is 4. The van der Waals surface area contributed by atoms with Crippen LogP contribution in [0.2, 0.25) is 0 Å². The van der Waals surface area contributed by atoms with Crippen LogP contribution in [-0.2, 0) is 4.79 Å². The molecule has 6 nitrogen and oxygen atoms in total. The van der Waals surface area contributed by atoms with Crippen LogP contribution in [0.1, 0.15) is 55.8 Å². The minimum absolute atomic E-state index is 0.105. The zero-order valence-electron chi connectivity index (χ0n) is 16.2. The summed E-state index contributed by atoms with van der Waals surface area (Å²) in [7, 11) is 0. The fourth-order valence-corrected chi connectivity index (χ4v) is 3.97. The lowest BCUT2D eigenvalue weighted by Crippen LogP contribution is -2.50. The van der Waals surface area contributed by atoms with Gasteiger partial charge in [0.15, 0.2) is 0 Å². The minimum Gasteiger partial charge on any atom is -0.491 e. The van der Waals surface area contributed by atoms with Crippen molar-refractivity contribution in [2.75, 3.05) is 26.2 Å². The van der Waals surface area contributed by atoms with Gasteiger partial charge in [0.2, 0.25) is 5.91 Å². The monoisotopic (exact) mass is 373 g/mol. The average molecular weight is 373 g/mol. The van der Waals surface area contributed by atoms with Crippen molar-refractivity contribution in [2.24, 2.45) is 5.41 Å². The van der Waals surface area contributed by atoms with Crippen molar-refractivity contribution < 1.29 is 14.3 Å². The van der Waals surface area contributed by atoms with Crippen LogP contribution in [-0.4, -0.2) is 44.1 Å². The summed E-state index contributed by atoms with van der Waals surface area (Å²) in [4.78, 5) is 25.5. The second kappa shape index (κ2) is 9.22. The third-order valence-corrected chi connectivity index (χ3v) is 5.66. The van der Waals surface area contributed by atoms with Crippen LogP contribution in [0.5, 0.6) is 5.75 Å². The maximum absolute atomic E-state index is 13.1. The van der Waals surface area contributed by atoms with E-state index in [-0.39, 0.29) is 23.3 Å². The number of piperidine rings is 1. The van der Waals surface area contributed by atoms with E-state index in [0.717, 1.165) is 51.6 Å². The fraction of sp³-hybridized carbons (Fsp3) is 0.619. The number of benzene rings is 1. The first-order chi connectivity index (χ1) is 13.1. The molecule has 0 saturated carbocycles. The maximum atomic E-state index is 13.1. The Balaban J connectivity index is 1.75. The molecule has 27 heavy (non-hydrogen) atoms. The molecular formula is C21H31N3O3. The molecule has 1 aromatic carbocycles. The van der Waals surface area contributed by atoms with Gasteiger partial charge in [-0.05, 0) is 57.8 Å². The van der Waals surface area contributed by atoms with Crippen molar-refractivity contribution in [3.8, 4) is 5.75 Å². The zero-order valence-corrected chi connectivity index (χ0v) is 16.2. The Hall–Kier alpha value is -2.08. The molecule has 6 heteroatoms. The van der Waals surface area contributed by atoms with Crippen LogP contribution in [0.4, 0.5) is 0 Å². The minimum atomic E-state index is -0.277. The van der Waals surface area contributed by atoms with Gasteiger partial charge >= 0.3 is 0 Å². The summed E-state index contributed by atoms with van der Waals surface area (Å²) >= 11 is 0. The number of amides is 2. The number of rotatable bonds is 0. The Morgan fingerprint density at radius 1 is 1.00 bits per heavy atom. The first-order valence-corrected chi connectivity index (χ1v) is 10.1. The zero-order chi connectivity index (χ0) is 19.1.